The summed E-state index contributed by atoms with van der Waals surface area (Å²) < 4.78 is 0. The first-order chi connectivity index (χ1) is 9.87. The number of benzene rings is 1. The molecular weight excluding hydrogens is 272 g/mol. The van der Waals surface area contributed by atoms with E-state index in [-0.39, 0.29) is 25.3 Å². The van der Waals surface area contributed by atoms with Crippen LogP contribution in [0.1, 0.15) is 25.8 Å². The van der Waals surface area contributed by atoms with Crippen molar-refractivity contribution in [1.29, 1.82) is 0 Å². The molecule has 1 aromatic carbocycles. The lowest BCUT2D eigenvalue weighted by Crippen LogP contribution is -2.54. The van der Waals surface area contributed by atoms with E-state index >= 15 is 0 Å². The van der Waals surface area contributed by atoms with E-state index in [9.17, 15) is 14.4 Å². The number of hydrogen-bond acceptors (Lipinski definition) is 3. The Hall–Kier alpha value is -2.37. The molecule has 6 nitrogen and oxygen atoms in total. The van der Waals surface area contributed by atoms with Gasteiger partial charge in [0.1, 0.15) is 5.54 Å². The highest BCUT2D eigenvalue weighted by Gasteiger charge is 2.32. The van der Waals surface area contributed by atoms with E-state index in [1.807, 2.05) is 30.3 Å². The van der Waals surface area contributed by atoms with Gasteiger partial charge in [-0.1, -0.05) is 37.3 Å². The summed E-state index contributed by atoms with van der Waals surface area (Å²) in [5.41, 5.74) is -0.472. The van der Waals surface area contributed by atoms with Gasteiger partial charge in [-0.2, -0.15) is 0 Å². The van der Waals surface area contributed by atoms with Crippen LogP contribution >= 0.6 is 0 Å². The Kier molecular flexibility index (Phi) is 5.90. The highest BCUT2D eigenvalue weighted by Crippen LogP contribution is 2.08. The molecule has 3 N–H and O–H groups in total. The van der Waals surface area contributed by atoms with Gasteiger partial charge in [0.05, 0.1) is 13.0 Å². The van der Waals surface area contributed by atoms with E-state index in [1.54, 1.807) is 6.92 Å². The van der Waals surface area contributed by atoms with Crippen molar-refractivity contribution in [1.82, 2.24) is 10.6 Å². The van der Waals surface area contributed by atoms with E-state index in [1.165, 1.54) is 6.92 Å². The maximum atomic E-state index is 11.7. The average molecular weight is 292 g/mol. The molecule has 0 heterocycles. The molecule has 0 aliphatic heterocycles. The van der Waals surface area contributed by atoms with Crippen LogP contribution in [-0.4, -0.2) is 35.0 Å². The van der Waals surface area contributed by atoms with Crippen LogP contribution in [0.15, 0.2) is 30.3 Å². The zero-order chi connectivity index (χ0) is 15.9. The van der Waals surface area contributed by atoms with Crippen molar-refractivity contribution >= 4 is 17.8 Å². The minimum atomic E-state index is -1.32. The molecule has 1 aromatic rings. The highest BCUT2D eigenvalue weighted by atomic mass is 16.4. The third kappa shape index (κ3) is 5.25. The van der Waals surface area contributed by atoms with Gasteiger partial charge in [-0.3, -0.25) is 9.59 Å². The van der Waals surface area contributed by atoms with Crippen LogP contribution in [0.3, 0.4) is 0 Å². The Morgan fingerprint density at radius 2 is 1.76 bits per heavy atom. The zero-order valence-corrected chi connectivity index (χ0v) is 12.2. The minimum absolute atomic E-state index is 0.179. The van der Waals surface area contributed by atoms with Crippen LogP contribution in [0, 0.1) is 0 Å². The fraction of sp³-hybridized carbons (Fsp3) is 0.400. The second-order valence-corrected chi connectivity index (χ2v) is 4.98. The smallest absolute Gasteiger partial charge is 0.329 e. The van der Waals surface area contributed by atoms with Crippen molar-refractivity contribution in [2.45, 2.75) is 32.2 Å². The van der Waals surface area contributed by atoms with Crippen molar-refractivity contribution < 1.29 is 19.5 Å². The summed E-state index contributed by atoms with van der Waals surface area (Å²) in [4.78, 5) is 34.4. The van der Waals surface area contributed by atoms with Crippen LogP contribution in [0.2, 0.25) is 0 Å². The minimum Gasteiger partial charge on any atom is -0.480 e. The van der Waals surface area contributed by atoms with E-state index in [0.717, 1.165) is 5.56 Å². The van der Waals surface area contributed by atoms with E-state index in [2.05, 4.69) is 10.6 Å². The molecule has 21 heavy (non-hydrogen) atoms. The molecular formula is C15H20N2O4. The first-order valence-corrected chi connectivity index (χ1v) is 6.72. The van der Waals surface area contributed by atoms with Gasteiger partial charge < -0.3 is 15.7 Å². The van der Waals surface area contributed by atoms with Crippen LogP contribution in [-0.2, 0) is 20.8 Å². The van der Waals surface area contributed by atoms with Gasteiger partial charge in [0.2, 0.25) is 11.8 Å². The molecule has 1 unspecified atom stereocenters. The van der Waals surface area contributed by atoms with Crippen LogP contribution < -0.4 is 10.6 Å². The Morgan fingerprint density at radius 1 is 1.14 bits per heavy atom. The molecule has 0 saturated carbocycles. The Morgan fingerprint density at radius 3 is 2.29 bits per heavy atom. The second-order valence-electron chi connectivity index (χ2n) is 4.98. The largest absolute Gasteiger partial charge is 0.480 e. The first-order valence-electron chi connectivity index (χ1n) is 6.72. The van der Waals surface area contributed by atoms with Gasteiger partial charge in [0, 0.05) is 0 Å². The topological polar surface area (TPSA) is 95.5 Å². The van der Waals surface area contributed by atoms with E-state index in [4.69, 9.17) is 5.11 Å². The van der Waals surface area contributed by atoms with Gasteiger partial charge >= 0.3 is 5.97 Å². The fourth-order valence-corrected chi connectivity index (χ4v) is 1.67. The number of amides is 2. The van der Waals surface area contributed by atoms with Crippen molar-refractivity contribution in [2.24, 2.45) is 0 Å². The summed E-state index contributed by atoms with van der Waals surface area (Å²) in [6.45, 7) is 2.86. The van der Waals surface area contributed by atoms with Crippen molar-refractivity contribution in [3.8, 4) is 0 Å². The molecule has 0 fully saturated rings. The van der Waals surface area contributed by atoms with E-state index in [0.29, 0.717) is 0 Å². The molecule has 0 bridgehead atoms. The van der Waals surface area contributed by atoms with Gasteiger partial charge in [-0.05, 0) is 18.9 Å². The Balaban J connectivity index is 2.43. The Bertz CT molecular complexity index is 516. The molecule has 0 radical (unpaired) electrons. The molecule has 0 saturated heterocycles. The van der Waals surface area contributed by atoms with Crippen molar-refractivity contribution in [2.75, 3.05) is 6.54 Å². The molecule has 1 rings (SSSR count). The molecule has 2 amide bonds. The summed E-state index contributed by atoms with van der Waals surface area (Å²) in [6.07, 6.45) is 0.435. The summed E-state index contributed by atoms with van der Waals surface area (Å²) in [7, 11) is 0. The van der Waals surface area contributed by atoms with Gasteiger partial charge in [-0.15, -0.1) is 0 Å². The molecule has 0 aliphatic rings. The average Bonchev–Trinajstić information content (AvgIpc) is 2.46. The molecule has 1 atom stereocenters. The lowest BCUT2D eigenvalue weighted by molar-refractivity contribution is -0.146. The lowest BCUT2D eigenvalue weighted by atomic mass is 9.99. The number of carboxylic acid groups (broad SMARTS) is 1. The Labute approximate surface area is 123 Å². The number of carbonyl (C=O) groups excluding carboxylic acids is 2. The first kappa shape index (κ1) is 16.7. The van der Waals surface area contributed by atoms with Crippen LogP contribution in [0.5, 0.6) is 0 Å². The predicted molar refractivity (Wildman–Crippen MR) is 77.6 cm³/mol. The number of carboxylic acids is 1. The maximum Gasteiger partial charge on any atom is 0.329 e. The summed E-state index contributed by atoms with van der Waals surface area (Å²) in [5, 5.41) is 13.9. The molecule has 0 aliphatic carbocycles. The van der Waals surface area contributed by atoms with Crippen LogP contribution in [0.25, 0.3) is 0 Å². The van der Waals surface area contributed by atoms with Crippen molar-refractivity contribution in [3.63, 3.8) is 0 Å². The SMILES string of the molecule is CCC(C)(NC(=O)CNC(=O)Cc1ccccc1)C(=O)O. The zero-order valence-electron chi connectivity index (χ0n) is 12.2. The monoisotopic (exact) mass is 292 g/mol. The summed E-state index contributed by atoms with van der Waals surface area (Å²) in [5.74, 6) is -1.91. The third-order valence-electron chi connectivity index (χ3n) is 3.25. The fourth-order valence-electron chi connectivity index (χ4n) is 1.67. The number of aliphatic carboxylic acids is 1. The maximum absolute atomic E-state index is 11.7. The third-order valence-corrected chi connectivity index (χ3v) is 3.25. The second kappa shape index (κ2) is 7.42. The number of nitrogens with one attached hydrogen (secondary N) is 2. The molecule has 6 heteroatoms. The summed E-state index contributed by atoms with van der Waals surface area (Å²) >= 11 is 0. The number of hydrogen-bond donors (Lipinski definition) is 3. The molecule has 114 valence electrons. The molecule has 0 aromatic heterocycles. The normalized spacial score (nSPS) is 13.0. The van der Waals surface area contributed by atoms with Crippen molar-refractivity contribution in [3.05, 3.63) is 35.9 Å². The van der Waals surface area contributed by atoms with Gasteiger partial charge in [-0.25, -0.2) is 4.79 Å². The van der Waals surface area contributed by atoms with Crippen LogP contribution in [0.4, 0.5) is 0 Å². The molecule has 0 spiro atoms. The number of rotatable bonds is 7. The quantitative estimate of drug-likeness (QED) is 0.690. The lowest BCUT2D eigenvalue weighted by Gasteiger charge is -2.24. The summed E-state index contributed by atoms with van der Waals surface area (Å²) in [6, 6.07) is 9.15. The van der Waals surface area contributed by atoms with Gasteiger partial charge in [0.25, 0.3) is 0 Å². The number of carbonyl (C=O) groups is 3. The standard InChI is InChI=1S/C15H20N2O4/c1-3-15(2,14(20)21)17-13(19)10-16-12(18)9-11-7-5-4-6-8-11/h4-8H,3,9-10H2,1-2H3,(H,16,18)(H,17,19)(H,20,21). The van der Waals surface area contributed by atoms with Gasteiger partial charge in [0.15, 0.2) is 0 Å². The highest BCUT2D eigenvalue weighted by molar-refractivity contribution is 5.90. The predicted octanol–water partition coefficient (Wildman–Crippen LogP) is 0.715. The van der Waals surface area contributed by atoms with E-state index < -0.39 is 17.4 Å².